The lowest BCUT2D eigenvalue weighted by Crippen LogP contribution is -2.54. The quantitative estimate of drug-likeness (QED) is 0.720. The van der Waals surface area contributed by atoms with Crippen molar-refractivity contribution in [1.29, 1.82) is 5.26 Å². The molecule has 1 aliphatic heterocycles. The van der Waals surface area contributed by atoms with Crippen LogP contribution in [0.25, 0.3) is 0 Å². The van der Waals surface area contributed by atoms with Gasteiger partial charge in [-0.3, -0.25) is 0 Å². The van der Waals surface area contributed by atoms with Crippen LogP contribution in [-0.2, 0) is 4.74 Å². The van der Waals surface area contributed by atoms with Gasteiger partial charge in [0.05, 0.1) is 46.8 Å². The molecule has 0 spiro atoms. The number of aliphatic hydroxyl groups is 1. The Hall–Kier alpha value is -2.17. The number of nitrogen functional groups attached to an aromatic ring is 1. The van der Waals surface area contributed by atoms with Crippen molar-refractivity contribution in [1.82, 2.24) is 5.32 Å². The Balaban J connectivity index is 2.10. The van der Waals surface area contributed by atoms with E-state index < -0.39 is 12.2 Å². The van der Waals surface area contributed by atoms with E-state index in [0.29, 0.717) is 34.9 Å². The number of ether oxygens (including phenoxy) is 1. The summed E-state index contributed by atoms with van der Waals surface area (Å²) in [5.74, 6) is 0. The van der Waals surface area contributed by atoms with Crippen molar-refractivity contribution in [2.75, 3.05) is 30.3 Å². The molecule has 2 rings (SSSR count). The summed E-state index contributed by atoms with van der Waals surface area (Å²) in [6, 6.07) is 4.80. The number of benzene rings is 1. The van der Waals surface area contributed by atoms with E-state index in [1.54, 1.807) is 13.0 Å². The zero-order valence-corrected chi connectivity index (χ0v) is 13.5. The molecule has 4 N–H and O–H groups in total. The summed E-state index contributed by atoms with van der Waals surface area (Å²) in [5, 5.41) is 22.3. The van der Waals surface area contributed by atoms with Crippen molar-refractivity contribution in [3.8, 4) is 6.07 Å². The molecule has 1 aliphatic rings. The molecule has 1 aromatic carbocycles. The van der Waals surface area contributed by atoms with Crippen LogP contribution in [0, 0.1) is 11.3 Å². The molecule has 0 bridgehead atoms. The summed E-state index contributed by atoms with van der Waals surface area (Å²) >= 11 is 6.22. The lowest BCUT2D eigenvalue weighted by Gasteiger charge is -2.37. The van der Waals surface area contributed by atoms with Crippen LogP contribution in [0.15, 0.2) is 12.1 Å². The molecule has 0 aliphatic carbocycles. The van der Waals surface area contributed by atoms with Crippen molar-refractivity contribution in [2.45, 2.75) is 25.5 Å². The molecule has 0 radical (unpaired) electrons. The molecule has 0 unspecified atom stereocenters. The highest BCUT2D eigenvalue weighted by Crippen LogP contribution is 2.34. The Labute approximate surface area is 139 Å². The molecule has 1 amide bonds. The average molecular weight is 339 g/mol. The predicted molar refractivity (Wildman–Crippen MR) is 87.4 cm³/mol. The lowest BCUT2D eigenvalue weighted by atomic mass is 10.0. The Morgan fingerprint density at radius 3 is 3.00 bits per heavy atom. The van der Waals surface area contributed by atoms with E-state index in [1.165, 1.54) is 6.07 Å². The molecule has 0 aromatic heterocycles. The Kier molecular flexibility index (Phi) is 5.53. The van der Waals surface area contributed by atoms with Crippen molar-refractivity contribution >= 4 is 29.1 Å². The topological polar surface area (TPSA) is 112 Å². The van der Waals surface area contributed by atoms with E-state index >= 15 is 0 Å². The first-order valence-electron chi connectivity index (χ1n) is 7.31. The minimum atomic E-state index is -0.781. The van der Waals surface area contributed by atoms with Crippen molar-refractivity contribution in [3.05, 3.63) is 22.7 Å². The molecular weight excluding hydrogens is 320 g/mol. The maximum Gasteiger partial charge on any atom is 0.407 e. The van der Waals surface area contributed by atoms with E-state index in [9.17, 15) is 9.90 Å². The van der Waals surface area contributed by atoms with Crippen LogP contribution in [-0.4, -0.2) is 43.0 Å². The molecule has 8 heteroatoms. The first kappa shape index (κ1) is 17.2. The summed E-state index contributed by atoms with van der Waals surface area (Å²) in [7, 11) is 0. The largest absolute Gasteiger partial charge is 0.450 e. The summed E-state index contributed by atoms with van der Waals surface area (Å²) in [6.45, 7) is 2.82. The highest BCUT2D eigenvalue weighted by atomic mass is 35.5. The molecular formula is C15H19ClN4O3. The van der Waals surface area contributed by atoms with Crippen molar-refractivity contribution < 1.29 is 14.6 Å². The van der Waals surface area contributed by atoms with Crippen LogP contribution < -0.4 is 16.0 Å². The monoisotopic (exact) mass is 338 g/mol. The predicted octanol–water partition coefficient (Wildman–Crippen LogP) is 1.48. The normalized spacial score (nSPS) is 20.7. The molecule has 1 fully saturated rings. The van der Waals surface area contributed by atoms with Gasteiger partial charge in [0.2, 0.25) is 0 Å². The van der Waals surface area contributed by atoms with Crippen molar-refractivity contribution in [2.24, 2.45) is 0 Å². The number of rotatable bonds is 3. The fourth-order valence-corrected chi connectivity index (χ4v) is 2.80. The third kappa shape index (κ3) is 3.97. The molecule has 1 aromatic rings. The van der Waals surface area contributed by atoms with Crippen LogP contribution in [0.4, 0.5) is 16.2 Å². The second-order valence-electron chi connectivity index (χ2n) is 5.28. The number of amides is 1. The first-order valence-corrected chi connectivity index (χ1v) is 7.69. The summed E-state index contributed by atoms with van der Waals surface area (Å²) in [4.78, 5) is 13.3. The third-order valence-electron chi connectivity index (χ3n) is 3.71. The maximum atomic E-state index is 11.5. The van der Waals surface area contributed by atoms with Crippen LogP contribution in [0.2, 0.25) is 5.02 Å². The number of hydrogen-bond acceptors (Lipinski definition) is 6. The zero-order valence-electron chi connectivity index (χ0n) is 12.8. The number of aliphatic hydroxyl groups excluding tert-OH is 1. The number of carbonyl (C=O) groups is 1. The highest BCUT2D eigenvalue weighted by Gasteiger charge is 2.30. The second kappa shape index (κ2) is 7.40. The van der Waals surface area contributed by atoms with Crippen LogP contribution in [0.3, 0.4) is 0 Å². The van der Waals surface area contributed by atoms with Crippen LogP contribution in [0.1, 0.15) is 18.9 Å². The number of piperidine rings is 1. The first-order chi connectivity index (χ1) is 11.0. The summed E-state index contributed by atoms with van der Waals surface area (Å²) in [6.07, 6.45) is -0.803. The van der Waals surface area contributed by atoms with Crippen molar-refractivity contribution in [3.63, 3.8) is 0 Å². The SMILES string of the molecule is CCOC(=O)N[C@@H]1CCN(c2cc(C#N)cc(N)c2Cl)C[C@H]1O. The summed E-state index contributed by atoms with van der Waals surface area (Å²) in [5.41, 5.74) is 7.15. The molecule has 1 heterocycles. The Bertz CT molecular complexity index is 632. The highest BCUT2D eigenvalue weighted by molar-refractivity contribution is 6.35. The Morgan fingerprint density at radius 2 is 2.39 bits per heavy atom. The van der Waals surface area contributed by atoms with Gasteiger partial charge in [0.1, 0.15) is 0 Å². The zero-order chi connectivity index (χ0) is 17.0. The fourth-order valence-electron chi connectivity index (χ4n) is 2.57. The number of nitrogens with two attached hydrogens (primary N) is 1. The number of halogens is 1. The summed E-state index contributed by atoms with van der Waals surface area (Å²) < 4.78 is 4.82. The number of alkyl carbamates (subject to hydrolysis) is 1. The van der Waals surface area contributed by atoms with Gasteiger partial charge < -0.3 is 25.8 Å². The Morgan fingerprint density at radius 1 is 1.65 bits per heavy atom. The van der Waals surface area contributed by atoms with Gasteiger partial charge in [-0.05, 0) is 25.5 Å². The van der Waals surface area contributed by atoms with Crippen LogP contribution in [0.5, 0.6) is 0 Å². The minimum absolute atomic E-state index is 0.269. The number of anilines is 2. The van der Waals surface area contributed by atoms with Gasteiger partial charge in [0.15, 0.2) is 0 Å². The second-order valence-corrected chi connectivity index (χ2v) is 5.66. The van der Waals surface area contributed by atoms with E-state index in [1.807, 2.05) is 11.0 Å². The molecule has 23 heavy (non-hydrogen) atoms. The van der Waals surface area contributed by atoms with Gasteiger partial charge in [-0.25, -0.2) is 4.79 Å². The van der Waals surface area contributed by atoms with Gasteiger partial charge in [-0.1, -0.05) is 11.6 Å². The van der Waals surface area contributed by atoms with Gasteiger partial charge >= 0.3 is 6.09 Å². The molecule has 2 atom stereocenters. The minimum Gasteiger partial charge on any atom is -0.450 e. The lowest BCUT2D eigenvalue weighted by molar-refractivity contribution is 0.0977. The molecule has 7 nitrogen and oxygen atoms in total. The van der Waals surface area contributed by atoms with E-state index in [4.69, 9.17) is 27.3 Å². The number of nitrogens with one attached hydrogen (secondary N) is 1. The number of β-amino-alcohol motifs (C(OH)–C–C–N with tert-alkyl or cyclic N) is 1. The van der Waals surface area contributed by atoms with Crippen LogP contribution >= 0.6 is 11.6 Å². The third-order valence-corrected chi connectivity index (χ3v) is 4.12. The number of carbonyl (C=O) groups excluding carboxylic acids is 1. The van der Waals surface area contributed by atoms with Gasteiger partial charge in [-0.15, -0.1) is 0 Å². The van der Waals surface area contributed by atoms with Gasteiger partial charge in [0, 0.05) is 13.1 Å². The smallest absolute Gasteiger partial charge is 0.407 e. The standard InChI is InChI=1S/C15H19ClN4O3/c1-2-23-15(22)19-11-3-4-20(8-13(11)21)12-6-9(7-17)5-10(18)14(12)16/h5-6,11,13,21H,2-4,8,18H2,1H3,(H,19,22)/t11-,13-/m1/s1. The van der Waals surface area contributed by atoms with E-state index in [2.05, 4.69) is 5.32 Å². The molecule has 0 saturated carbocycles. The number of nitrogens with zero attached hydrogens (tertiary/aromatic N) is 2. The van der Waals surface area contributed by atoms with Gasteiger partial charge in [-0.2, -0.15) is 5.26 Å². The average Bonchev–Trinajstić information content (AvgIpc) is 2.52. The fraction of sp³-hybridized carbons (Fsp3) is 0.467. The van der Waals surface area contributed by atoms with Gasteiger partial charge in [0.25, 0.3) is 0 Å². The van der Waals surface area contributed by atoms with E-state index in [0.717, 1.165) is 0 Å². The maximum absolute atomic E-state index is 11.5. The molecule has 124 valence electrons. The van der Waals surface area contributed by atoms with E-state index in [-0.39, 0.29) is 19.2 Å². The number of hydrogen-bond donors (Lipinski definition) is 3. The number of nitriles is 1. The molecule has 1 saturated heterocycles.